The molecule has 4 heteroatoms. The van der Waals surface area contributed by atoms with Gasteiger partial charge >= 0.3 is 5.97 Å². The van der Waals surface area contributed by atoms with Crippen molar-refractivity contribution in [3.63, 3.8) is 0 Å². The molecule has 0 saturated carbocycles. The summed E-state index contributed by atoms with van der Waals surface area (Å²) in [5.74, 6) is -1.35. The lowest BCUT2D eigenvalue weighted by atomic mass is 9.75. The van der Waals surface area contributed by atoms with Crippen LogP contribution in [0.3, 0.4) is 0 Å². The highest BCUT2D eigenvalue weighted by Crippen LogP contribution is 2.45. The van der Waals surface area contributed by atoms with Crippen molar-refractivity contribution < 1.29 is 14.7 Å². The van der Waals surface area contributed by atoms with Gasteiger partial charge in [0.1, 0.15) is 0 Å². The fourth-order valence-corrected chi connectivity index (χ4v) is 4.34. The summed E-state index contributed by atoms with van der Waals surface area (Å²) in [5.41, 5.74) is 1.94. The van der Waals surface area contributed by atoms with Gasteiger partial charge in [0.25, 0.3) is 0 Å². The zero-order valence-electron chi connectivity index (χ0n) is 15.4. The third-order valence-electron chi connectivity index (χ3n) is 5.46. The minimum atomic E-state index is -1.18. The van der Waals surface area contributed by atoms with E-state index in [0.717, 1.165) is 16.7 Å². The molecule has 3 aromatic rings. The summed E-state index contributed by atoms with van der Waals surface area (Å²) in [4.78, 5) is 26.5. The minimum absolute atomic E-state index is 0.227. The van der Waals surface area contributed by atoms with Crippen molar-refractivity contribution in [1.29, 1.82) is 0 Å². The Hall–Kier alpha value is -3.24. The molecule has 0 aliphatic carbocycles. The number of Topliss-reactive ketones (excluding diaryl/α,β-unsaturated/α-hetero) is 1. The minimum Gasteiger partial charge on any atom is -0.480 e. The normalized spacial score (nSPS) is 17.6. The zero-order chi connectivity index (χ0) is 19.6. The number of aliphatic carboxylic acids is 1. The van der Waals surface area contributed by atoms with Crippen LogP contribution in [0, 0.1) is 0 Å². The summed E-state index contributed by atoms with van der Waals surface area (Å²) in [6, 6.07) is 28.3. The highest BCUT2D eigenvalue weighted by atomic mass is 16.4. The second-order valence-electron chi connectivity index (χ2n) is 6.96. The van der Waals surface area contributed by atoms with E-state index in [1.54, 1.807) is 0 Å². The van der Waals surface area contributed by atoms with Crippen LogP contribution in [0.1, 0.15) is 23.1 Å². The van der Waals surface area contributed by atoms with Gasteiger partial charge in [-0.2, -0.15) is 0 Å². The number of benzene rings is 3. The first kappa shape index (κ1) is 18.1. The Morgan fingerprint density at radius 3 is 1.54 bits per heavy atom. The standard InChI is InChI=1S/C24H21NO3/c26-21-16-17-25(22(21)23(27)28)24(18-10-4-1-5-11-18,19-12-6-2-7-13-19)20-14-8-3-9-15-20/h1-15,22H,16-17H2,(H,27,28)/t22-/m0/s1. The maximum absolute atomic E-state index is 12.5. The molecule has 0 radical (unpaired) electrons. The summed E-state index contributed by atoms with van der Waals surface area (Å²) in [5, 5.41) is 9.90. The first-order valence-electron chi connectivity index (χ1n) is 9.34. The Balaban J connectivity index is 2.08. The predicted molar refractivity (Wildman–Crippen MR) is 107 cm³/mol. The van der Waals surface area contributed by atoms with E-state index in [1.807, 2.05) is 95.9 Å². The molecule has 4 nitrogen and oxygen atoms in total. The Bertz CT molecular complexity index is 874. The number of carbonyl (C=O) groups excluding carboxylic acids is 1. The molecule has 0 unspecified atom stereocenters. The summed E-state index contributed by atoms with van der Waals surface area (Å²) in [6.45, 7) is 0.383. The lowest BCUT2D eigenvalue weighted by Gasteiger charge is -2.45. The van der Waals surface area contributed by atoms with Crippen LogP contribution in [0.2, 0.25) is 0 Å². The lowest BCUT2D eigenvalue weighted by Crippen LogP contribution is -2.54. The molecule has 140 valence electrons. The third kappa shape index (κ3) is 2.83. The van der Waals surface area contributed by atoms with Gasteiger partial charge in [-0.3, -0.25) is 14.5 Å². The second kappa shape index (κ2) is 7.41. The summed E-state index contributed by atoms with van der Waals surface area (Å²) < 4.78 is 0. The van der Waals surface area contributed by atoms with Crippen LogP contribution in [0.4, 0.5) is 0 Å². The number of hydrogen-bond acceptors (Lipinski definition) is 3. The fraction of sp³-hybridized carbons (Fsp3) is 0.167. The highest BCUT2D eigenvalue weighted by Gasteiger charge is 2.52. The Morgan fingerprint density at radius 1 is 0.786 bits per heavy atom. The summed E-state index contributed by atoms with van der Waals surface area (Å²) in [7, 11) is 0. The van der Waals surface area contributed by atoms with Crippen LogP contribution < -0.4 is 0 Å². The van der Waals surface area contributed by atoms with E-state index in [4.69, 9.17) is 0 Å². The maximum atomic E-state index is 12.5. The Kier molecular flexibility index (Phi) is 4.80. The molecule has 28 heavy (non-hydrogen) atoms. The molecular weight excluding hydrogens is 350 g/mol. The number of nitrogens with zero attached hydrogens (tertiary/aromatic N) is 1. The van der Waals surface area contributed by atoms with Crippen molar-refractivity contribution in [3.8, 4) is 0 Å². The van der Waals surface area contributed by atoms with Gasteiger partial charge in [0.05, 0.1) is 5.54 Å². The molecule has 0 spiro atoms. The van der Waals surface area contributed by atoms with E-state index in [0.29, 0.717) is 6.54 Å². The fourth-order valence-electron chi connectivity index (χ4n) is 4.34. The number of carboxylic acid groups (broad SMARTS) is 1. The van der Waals surface area contributed by atoms with Gasteiger partial charge in [-0.1, -0.05) is 91.0 Å². The van der Waals surface area contributed by atoms with Crippen molar-refractivity contribution in [2.24, 2.45) is 0 Å². The Morgan fingerprint density at radius 2 is 1.18 bits per heavy atom. The monoisotopic (exact) mass is 371 g/mol. The van der Waals surface area contributed by atoms with Crippen LogP contribution in [0.25, 0.3) is 0 Å². The smallest absolute Gasteiger partial charge is 0.328 e. The van der Waals surface area contributed by atoms with E-state index in [2.05, 4.69) is 0 Å². The SMILES string of the molecule is O=C(O)[C@@H]1C(=O)CCN1C(c1ccccc1)(c1ccccc1)c1ccccc1. The van der Waals surface area contributed by atoms with Gasteiger partial charge in [0.15, 0.2) is 11.8 Å². The molecule has 0 aromatic heterocycles. The highest BCUT2D eigenvalue weighted by molar-refractivity contribution is 6.04. The van der Waals surface area contributed by atoms with Gasteiger partial charge in [-0.15, -0.1) is 0 Å². The number of carboxylic acids is 1. The number of rotatable bonds is 5. The topological polar surface area (TPSA) is 57.6 Å². The second-order valence-corrected chi connectivity index (χ2v) is 6.96. The Labute approximate surface area is 164 Å². The molecular formula is C24H21NO3. The maximum Gasteiger partial charge on any atom is 0.328 e. The molecule has 1 saturated heterocycles. The number of likely N-dealkylation sites (tertiary alicyclic amines) is 1. The van der Waals surface area contributed by atoms with Gasteiger partial charge in [0, 0.05) is 13.0 Å². The van der Waals surface area contributed by atoms with Gasteiger partial charge < -0.3 is 5.11 Å². The molecule has 4 rings (SSSR count). The third-order valence-corrected chi connectivity index (χ3v) is 5.46. The quantitative estimate of drug-likeness (QED) is 0.549. The van der Waals surface area contributed by atoms with Crippen LogP contribution >= 0.6 is 0 Å². The number of hydrogen-bond donors (Lipinski definition) is 1. The molecule has 3 aromatic carbocycles. The largest absolute Gasteiger partial charge is 0.480 e. The predicted octanol–water partition coefficient (Wildman–Crippen LogP) is 3.71. The molecule has 0 bridgehead atoms. The van der Waals surface area contributed by atoms with Crippen LogP contribution in [0.5, 0.6) is 0 Å². The first-order chi connectivity index (χ1) is 13.7. The van der Waals surface area contributed by atoms with E-state index in [-0.39, 0.29) is 12.2 Å². The average Bonchev–Trinajstić information content (AvgIpc) is 3.13. The molecule has 1 aliphatic heterocycles. The zero-order valence-corrected chi connectivity index (χ0v) is 15.4. The van der Waals surface area contributed by atoms with Crippen molar-refractivity contribution in [1.82, 2.24) is 4.90 Å². The number of carbonyl (C=O) groups is 2. The van der Waals surface area contributed by atoms with Crippen molar-refractivity contribution in [2.45, 2.75) is 18.0 Å². The van der Waals surface area contributed by atoms with Crippen LogP contribution in [0.15, 0.2) is 91.0 Å². The van der Waals surface area contributed by atoms with Crippen LogP contribution in [-0.4, -0.2) is 34.3 Å². The van der Waals surface area contributed by atoms with E-state index >= 15 is 0 Å². The van der Waals surface area contributed by atoms with E-state index in [1.165, 1.54) is 0 Å². The molecule has 0 amide bonds. The first-order valence-corrected chi connectivity index (χ1v) is 9.34. The van der Waals surface area contributed by atoms with Crippen molar-refractivity contribution in [3.05, 3.63) is 108 Å². The van der Waals surface area contributed by atoms with Gasteiger partial charge in [0.2, 0.25) is 0 Å². The molecule has 1 N–H and O–H groups in total. The lowest BCUT2D eigenvalue weighted by molar-refractivity contribution is -0.146. The van der Waals surface area contributed by atoms with Crippen molar-refractivity contribution in [2.75, 3.05) is 6.54 Å². The molecule has 1 heterocycles. The molecule has 1 atom stereocenters. The van der Waals surface area contributed by atoms with Gasteiger partial charge in [-0.25, -0.2) is 0 Å². The van der Waals surface area contributed by atoms with E-state index < -0.39 is 17.6 Å². The molecule has 1 aliphatic rings. The average molecular weight is 371 g/mol. The van der Waals surface area contributed by atoms with Gasteiger partial charge in [-0.05, 0) is 16.7 Å². The van der Waals surface area contributed by atoms with E-state index in [9.17, 15) is 14.7 Å². The number of ketones is 1. The molecule has 1 fully saturated rings. The van der Waals surface area contributed by atoms with Crippen molar-refractivity contribution >= 4 is 11.8 Å². The van der Waals surface area contributed by atoms with Crippen LogP contribution in [-0.2, 0) is 15.1 Å². The summed E-state index contributed by atoms with van der Waals surface area (Å²) in [6.07, 6.45) is 0.227. The summed E-state index contributed by atoms with van der Waals surface area (Å²) >= 11 is 0.